The number of ether oxygens (including phenoxy) is 1. The van der Waals surface area contributed by atoms with Gasteiger partial charge < -0.3 is 20.3 Å². The number of methoxy groups -OCH3 is 1. The topological polar surface area (TPSA) is 79.6 Å². The quantitative estimate of drug-likeness (QED) is 0.289. The van der Waals surface area contributed by atoms with Crippen LogP contribution in [-0.2, 0) is 37.4 Å². The van der Waals surface area contributed by atoms with E-state index < -0.39 is 0 Å². The smallest absolute Gasteiger partial charge is 0.191 e. The Bertz CT molecular complexity index is 839. The molecule has 0 amide bonds. The zero-order chi connectivity index (χ0) is 21.3. The SMILES string of the molecule is CCNC(=NCc1cccc(CN(C)CC)c1)NC1CCc2nc(COC)nn2C1.I. The van der Waals surface area contributed by atoms with Crippen LogP contribution in [0.2, 0.25) is 0 Å². The van der Waals surface area contributed by atoms with Crippen molar-refractivity contribution < 1.29 is 4.74 Å². The van der Waals surface area contributed by atoms with Gasteiger partial charge >= 0.3 is 0 Å². The summed E-state index contributed by atoms with van der Waals surface area (Å²) in [5.41, 5.74) is 2.54. The Morgan fingerprint density at radius 1 is 1.32 bits per heavy atom. The van der Waals surface area contributed by atoms with Gasteiger partial charge in [-0.2, -0.15) is 5.10 Å². The molecule has 2 N–H and O–H groups in total. The Morgan fingerprint density at radius 2 is 2.13 bits per heavy atom. The Labute approximate surface area is 202 Å². The number of guanidine groups is 1. The second-order valence-corrected chi connectivity index (χ2v) is 7.78. The van der Waals surface area contributed by atoms with Crippen molar-refractivity contribution in [3.8, 4) is 0 Å². The number of halogens is 1. The van der Waals surface area contributed by atoms with Crippen LogP contribution < -0.4 is 10.6 Å². The van der Waals surface area contributed by atoms with Crippen molar-refractivity contribution in [1.82, 2.24) is 30.3 Å². The van der Waals surface area contributed by atoms with Crippen LogP contribution in [0.3, 0.4) is 0 Å². The molecular weight excluding hydrogens is 505 g/mol. The second kappa shape index (κ2) is 13.0. The molecule has 0 bridgehead atoms. The largest absolute Gasteiger partial charge is 0.377 e. The van der Waals surface area contributed by atoms with E-state index in [1.54, 1.807) is 7.11 Å². The average molecular weight is 541 g/mol. The van der Waals surface area contributed by atoms with Crippen molar-refractivity contribution >= 4 is 29.9 Å². The molecule has 8 nitrogen and oxygen atoms in total. The van der Waals surface area contributed by atoms with E-state index in [9.17, 15) is 0 Å². The summed E-state index contributed by atoms with van der Waals surface area (Å²) >= 11 is 0. The molecule has 2 heterocycles. The molecule has 0 saturated heterocycles. The molecule has 172 valence electrons. The zero-order valence-electron chi connectivity index (χ0n) is 19.1. The maximum Gasteiger partial charge on any atom is 0.191 e. The van der Waals surface area contributed by atoms with E-state index in [2.05, 4.69) is 70.8 Å². The summed E-state index contributed by atoms with van der Waals surface area (Å²) in [7, 11) is 3.81. The molecule has 0 fully saturated rings. The van der Waals surface area contributed by atoms with E-state index in [1.807, 2.05) is 4.68 Å². The number of aliphatic imine (C=N–C) groups is 1. The first-order valence-electron chi connectivity index (χ1n) is 10.8. The van der Waals surface area contributed by atoms with Crippen LogP contribution in [0, 0.1) is 0 Å². The highest BCUT2D eigenvalue weighted by atomic mass is 127. The van der Waals surface area contributed by atoms with Gasteiger partial charge in [-0.25, -0.2) is 14.7 Å². The van der Waals surface area contributed by atoms with Gasteiger partial charge in [0.25, 0.3) is 0 Å². The highest BCUT2D eigenvalue weighted by Gasteiger charge is 2.22. The minimum Gasteiger partial charge on any atom is -0.377 e. The molecule has 0 aliphatic carbocycles. The molecule has 1 aliphatic heterocycles. The fourth-order valence-electron chi connectivity index (χ4n) is 3.60. The van der Waals surface area contributed by atoms with Gasteiger partial charge in [-0.15, -0.1) is 24.0 Å². The second-order valence-electron chi connectivity index (χ2n) is 7.78. The van der Waals surface area contributed by atoms with Gasteiger partial charge in [-0.1, -0.05) is 31.2 Å². The van der Waals surface area contributed by atoms with Crippen LogP contribution in [0.25, 0.3) is 0 Å². The summed E-state index contributed by atoms with van der Waals surface area (Å²) in [4.78, 5) is 11.7. The molecule has 0 saturated carbocycles. The van der Waals surface area contributed by atoms with Gasteiger partial charge in [0, 0.05) is 32.7 Å². The minimum absolute atomic E-state index is 0. The minimum atomic E-state index is 0. The van der Waals surface area contributed by atoms with Crippen LogP contribution in [0.1, 0.15) is 43.0 Å². The average Bonchev–Trinajstić information content (AvgIpc) is 3.14. The van der Waals surface area contributed by atoms with Gasteiger partial charge in [-0.3, -0.25) is 0 Å². The molecular formula is C22H36IN7O. The van der Waals surface area contributed by atoms with Crippen molar-refractivity contribution in [2.24, 2.45) is 4.99 Å². The lowest BCUT2D eigenvalue weighted by atomic mass is 10.1. The van der Waals surface area contributed by atoms with Crippen LogP contribution in [-0.4, -0.2) is 58.9 Å². The number of aryl methyl sites for hydroxylation is 1. The van der Waals surface area contributed by atoms with E-state index in [-0.39, 0.29) is 30.0 Å². The Kier molecular flexibility index (Phi) is 10.7. The predicted molar refractivity (Wildman–Crippen MR) is 135 cm³/mol. The molecule has 3 rings (SSSR count). The summed E-state index contributed by atoms with van der Waals surface area (Å²) < 4.78 is 7.15. The normalized spacial score (nSPS) is 16.0. The lowest BCUT2D eigenvalue weighted by Gasteiger charge is -2.25. The van der Waals surface area contributed by atoms with Crippen molar-refractivity contribution in [3.63, 3.8) is 0 Å². The number of benzene rings is 1. The first-order chi connectivity index (χ1) is 14.6. The summed E-state index contributed by atoms with van der Waals surface area (Å²) in [6, 6.07) is 8.96. The zero-order valence-corrected chi connectivity index (χ0v) is 21.4. The molecule has 1 aromatic carbocycles. The fraction of sp³-hybridized carbons (Fsp3) is 0.591. The van der Waals surface area contributed by atoms with E-state index in [0.29, 0.717) is 13.2 Å². The number of fused-ring (bicyclic) bond motifs is 1. The highest BCUT2D eigenvalue weighted by molar-refractivity contribution is 14.0. The number of aromatic nitrogens is 3. The summed E-state index contributed by atoms with van der Waals surface area (Å²) in [5, 5.41) is 11.5. The lowest BCUT2D eigenvalue weighted by Crippen LogP contribution is -2.47. The van der Waals surface area contributed by atoms with Crippen molar-refractivity contribution in [1.29, 1.82) is 0 Å². The third-order valence-electron chi connectivity index (χ3n) is 5.26. The molecule has 1 aliphatic rings. The summed E-state index contributed by atoms with van der Waals surface area (Å²) in [5.74, 6) is 2.64. The Balaban J connectivity index is 0.00000341. The van der Waals surface area contributed by atoms with Crippen LogP contribution in [0.5, 0.6) is 0 Å². The fourth-order valence-corrected chi connectivity index (χ4v) is 3.60. The number of hydrogen-bond donors (Lipinski definition) is 2. The van der Waals surface area contributed by atoms with Crippen LogP contribution in [0.4, 0.5) is 0 Å². The third kappa shape index (κ3) is 7.73. The molecule has 1 aromatic heterocycles. The number of nitrogens with zero attached hydrogens (tertiary/aromatic N) is 5. The maximum absolute atomic E-state index is 5.15. The molecule has 9 heteroatoms. The molecule has 2 aromatic rings. The predicted octanol–water partition coefficient (Wildman–Crippen LogP) is 2.56. The maximum atomic E-state index is 5.15. The van der Waals surface area contributed by atoms with Gasteiger partial charge in [-0.05, 0) is 38.1 Å². The van der Waals surface area contributed by atoms with Crippen molar-refractivity contribution in [3.05, 3.63) is 47.0 Å². The Morgan fingerprint density at radius 3 is 2.87 bits per heavy atom. The van der Waals surface area contributed by atoms with E-state index >= 15 is 0 Å². The van der Waals surface area contributed by atoms with Gasteiger partial charge in [0.1, 0.15) is 12.4 Å². The van der Waals surface area contributed by atoms with Crippen LogP contribution >= 0.6 is 24.0 Å². The van der Waals surface area contributed by atoms with Crippen molar-refractivity contribution in [2.45, 2.75) is 59.0 Å². The summed E-state index contributed by atoms with van der Waals surface area (Å²) in [6.07, 6.45) is 1.91. The first kappa shape index (κ1) is 25.5. The third-order valence-corrected chi connectivity index (χ3v) is 5.26. The lowest BCUT2D eigenvalue weighted by molar-refractivity contribution is 0.177. The van der Waals surface area contributed by atoms with Gasteiger partial charge in [0.2, 0.25) is 0 Å². The number of rotatable bonds is 9. The van der Waals surface area contributed by atoms with Crippen LogP contribution in [0.15, 0.2) is 29.3 Å². The molecule has 0 spiro atoms. The van der Waals surface area contributed by atoms with E-state index in [1.165, 1.54) is 11.1 Å². The molecule has 1 unspecified atom stereocenters. The van der Waals surface area contributed by atoms with Gasteiger partial charge in [0.05, 0.1) is 13.1 Å². The molecule has 31 heavy (non-hydrogen) atoms. The number of hydrogen-bond acceptors (Lipinski definition) is 5. The van der Waals surface area contributed by atoms with Crippen molar-refractivity contribution in [2.75, 3.05) is 27.2 Å². The van der Waals surface area contributed by atoms with E-state index in [4.69, 9.17) is 9.73 Å². The summed E-state index contributed by atoms with van der Waals surface area (Å²) in [6.45, 7) is 8.98. The standard InChI is InChI=1S/C22H35N7O.HI/c1-5-23-22(24-13-17-8-7-9-18(12-17)14-28(3)6-2)25-19-10-11-21-26-20(16-30-4)27-29(21)15-19;/h7-9,12,19H,5-6,10-11,13-16H2,1-4H3,(H2,23,24,25);1H. The van der Waals surface area contributed by atoms with Gasteiger partial charge in [0.15, 0.2) is 11.8 Å². The molecule has 0 radical (unpaired) electrons. The number of nitrogens with one attached hydrogen (secondary N) is 2. The highest BCUT2D eigenvalue weighted by Crippen LogP contribution is 2.14. The molecule has 1 atom stereocenters. The Hall–Kier alpha value is -1.72. The monoisotopic (exact) mass is 541 g/mol. The first-order valence-corrected chi connectivity index (χ1v) is 10.8. The van der Waals surface area contributed by atoms with E-state index in [0.717, 1.165) is 56.6 Å².